The van der Waals surface area contributed by atoms with E-state index in [1.807, 2.05) is 25.1 Å². The molecule has 0 aliphatic rings. The molecule has 1 heterocycles. The molecule has 0 fully saturated rings. The highest BCUT2D eigenvalue weighted by Gasteiger charge is 2.06. The smallest absolute Gasteiger partial charge is 0.229 e. The zero-order valence-electron chi connectivity index (χ0n) is 12.6. The highest BCUT2D eigenvalue weighted by atomic mass is 15.1. The van der Waals surface area contributed by atoms with Crippen molar-refractivity contribution in [2.75, 3.05) is 10.6 Å². The summed E-state index contributed by atoms with van der Waals surface area (Å²) in [5.41, 5.74) is 3.27. The Labute approximate surface area is 120 Å². The van der Waals surface area contributed by atoms with Crippen molar-refractivity contribution >= 4 is 17.5 Å². The highest BCUT2D eigenvalue weighted by Crippen LogP contribution is 2.20. The summed E-state index contributed by atoms with van der Waals surface area (Å²) < 4.78 is 0. The van der Waals surface area contributed by atoms with Crippen molar-refractivity contribution in [1.82, 2.24) is 9.97 Å². The number of rotatable bonds is 5. The molecule has 1 aromatic carbocycles. The lowest BCUT2D eigenvalue weighted by Crippen LogP contribution is -2.12. The van der Waals surface area contributed by atoms with Gasteiger partial charge in [0.1, 0.15) is 5.82 Å². The van der Waals surface area contributed by atoms with Crippen LogP contribution < -0.4 is 10.6 Å². The summed E-state index contributed by atoms with van der Waals surface area (Å²) in [6.07, 6.45) is 0.978. The average Bonchev–Trinajstić information content (AvgIpc) is 2.37. The number of hydrogen-bond acceptors (Lipinski definition) is 4. The van der Waals surface area contributed by atoms with Crippen molar-refractivity contribution in [3.05, 3.63) is 41.6 Å². The van der Waals surface area contributed by atoms with Crippen LogP contribution in [0.1, 0.15) is 32.0 Å². The minimum absolute atomic E-state index is 0.347. The van der Waals surface area contributed by atoms with E-state index in [2.05, 4.69) is 53.5 Å². The van der Waals surface area contributed by atoms with Gasteiger partial charge in [0.2, 0.25) is 5.95 Å². The number of nitrogens with zero attached hydrogens (tertiary/aromatic N) is 2. The number of aryl methyl sites for hydroxylation is 2. The van der Waals surface area contributed by atoms with Gasteiger partial charge in [0.15, 0.2) is 0 Å². The van der Waals surface area contributed by atoms with Gasteiger partial charge in [-0.3, -0.25) is 0 Å². The van der Waals surface area contributed by atoms with Gasteiger partial charge in [0.25, 0.3) is 0 Å². The summed E-state index contributed by atoms with van der Waals surface area (Å²) in [6, 6.07) is 10.5. The van der Waals surface area contributed by atoms with Gasteiger partial charge in [-0.1, -0.05) is 25.1 Å². The Hall–Kier alpha value is -2.10. The SMILES string of the molecule is CCc1ccccc1Nc1nc(C)cc(NC(C)C)n1. The third-order valence-corrected chi connectivity index (χ3v) is 2.94. The Bertz CT molecular complexity index is 578. The van der Waals surface area contributed by atoms with Crippen LogP contribution in [0.3, 0.4) is 0 Å². The van der Waals surface area contributed by atoms with Gasteiger partial charge in [-0.25, -0.2) is 4.98 Å². The van der Waals surface area contributed by atoms with E-state index in [4.69, 9.17) is 0 Å². The third-order valence-electron chi connectivity index (χ3n) is 2.94. The van der Waals surface area contributed by atoms with Crippen molar-refractivity contribution in [1.29, 1.82) is 0 Å². The summed E-state index contributed by atoms with van der Waals surface area (Å²) in [7, 11) is 0. The first-order chi connectivity index (χ1) is 9.58. The lowest BCUT2D eigenvalue weighted by atomic mass is 10.1. The van der Waals surface area contributed by atoms with Crippen molar-refractivity contribution in [3.8, 4) is 0 Å². The van der Waals surface area contributed by atoms with Crippen LogP contribution in [0, 0.1) is 6.92 Å². The average molecular weight is 270 g/mol. The maximum atomic E-state index is 4.51. The molecule has 0 radical (unpaired) electrons. The molecular weight excluding hydrogens is 248 g/mol. The highest BCUT2D eigenvalue weighted by molar-refractivity contribution is 5.59. The van der Waals surface area contributed by atoms with Crippen molar-refractivity contribution in [2.45, 2.75) is 40.2 Å². The van der Waals surface area contributed by atoms with E-state index in [0.717, 1.165) is 23.6 Å². The number of aromatic nitrogens is 2. The molecule has 4 nitrogen and oxygen atoms in total. The topological polar surface area (TPSA) is 49.8 Å². The molecule has 0 saturated carbocycles. The molecule has 0 unspecified atom stereocenters. The fraction of sp³-hybridized carbons (Fsp3) is 0.375. The quantitative estimate of drug-likeness (QED) is 0.864. The zero-order chi connectivity index (χ0) is 14.5. The number of hydrogen-bond donors (Lipinski definition) is 2. The lowest BCUT2D eigenvalue weighted by Gasteiger charge is -2.13. The maximum absolute atomic E-state index is 4.51. The van der Waals surface area contributed by atoms with Gasteiger partial charge < -0.3 is 10.6 Å². The van der Waals surface area contributed by atoms with Crippen LogP contribution in [-0.2, 0) is 6.42 Å². The van der Waals surface area contributed by atoms with Gasteiger partial charge in [-0.05, 0) is 38.8 Å². The van der Waals surface area contributed by atoms with Crippen molar-refractivity contribution < 1.29 is 0 Å². The second-order valence-corrected chi connectivity index (χ2v) is 5.15. The number of nitrogens with one attached hydrogen (secondary N) is 2. The lowest BCUT2D eigenvalue weighted by molar-refractivity contribution is 0.885. The number of para-hydroxylation sites is 1. The molecule has 4 heteroatoms. The van der Waals surface area contributed by atoms with Crippen LogP contribution in [-0.4, -0.2) is 16.0 Å². The van der Waals surface area contributed by atoms with Crippen LogP contribution in [0.2, 0.25) is 0 Å². The molecule has 0 spiro atoms. The van der Waals surface area contributed by atoms with Crippen molar-refractivity contribution in [3.63, 3.8) is 0 Å². The summed E-state index contributed by atoms with van der Waals surface area (Å²) >= 11 is 0. The van der Waals surface area contributed by atoms with Gasteiger partial charge in [0.05, 0.1) is 0 Å². The molecule has 0 saturated heterocycles. The summed E-state index contributed by atoms with van der Waals surface area (Å²) in [5.74, 6) is 1.48. The van der Waals surface area contributed by atoms with Gasteiger partial charge >= 0.3 is 0 Å². The first-order valence-electron chi connectivity index (χ1n) is 7.05. The predicted octanol–water partition coefficient (Wildman–Crippen LogP) is 3.91. The Balaban J connectivity index is 2.26. The molecule has 20 heavy (non-hydrogen) atoms. The Morgan fingerprint density at radius 3 is 2.60 bits per heavy atom. The van der Waals surface area contributed by atoms with Crippen LogP contribution in [0.5, 0.6) is 0 Å². The predicted molar refractivity (Wildman–Crippen MR) is 84.6 cm³/mol. The first kappa shape index (κ1) is 14.3. The molecule has 0 aliphatic heterocycles. The summed E-state index contributed by atoms with van der Waals surface area (Å²) in [4.78, 5) is 8.96. The monoisotopic (exact) mass is 270 g/mol. The molecule has 0 amide bonds. The largest absolute Gasteiger partial charge is 0.368 e. The van der Waals surface area contributed by atoms with E-state index in [1.54, 1.807) is 0 Å². The summed E-state index contributed by atoms with van der Waals surface area (Å²) in [5, 5.41) is 6.62. The van der Waals surface area contributed by atoms with Gasteiger partial charge in [0, 0.05) is 23.5 Å². The van der Waals surface area contributed by atoms with Crippen LogP contribution in [0.25, 0.3) is 0 Å². The van der Waals surface area contributed by atoms with Crippen molar-refractivity contribution in [2.24, 2.45) is 0 Å². The molecule has 0 aliphatic carbocycles. The number of anilines is 3. The fourth-order valence-corrected chi connectivity index (χ4v) is 2.07. The molecule has 106 valence electrons. The van der Waals surface area contributed by atoms with E-state index in [9.17, 15) is 0 Å². The Kier molecular flexibility index (Phi) is 4.56. The third kappa shape index (κ3) is 3.70. The normalized spacial score (nSPS) is 10.7. The van der Waals surface area contributed by atoms with Crippen LogP contribution >= 0.6 is 0 Å². The molecule has 2 aromatic rings. The minimum Gasteiger partial charge on any atom is -0.368 e. The molecule has 0 bridgehead atoms. The van der Waals surface area contributed by atoms with E-state index in [-0.39, 0.29) is 0 Å². The zero-order valence-corrected chi connectivity index (χ0v) is 12.6. The molecule has 2 rings (SSSR count). The maximum Gasteiger partial charge on any atom is 0.229 e. The van der Waals surface area contributed by atoms with E-state index in [0.29, 0.717) is 12.0 Å². The van der Waals surface area contributed by atoms with Gasteiger partial charge in [-0.15, -0.1) is 0 Å². The molecule has 2 N–H and O–H groups in total. The fourth-order valence-electron chi connectivity index (χ4n) is 2.07. The second-order valence-electron chi connectivity index (χ2n) is 5.15. The molecular formula is C16H22N4. The number of benzene rings is 1. The van der Waals surface area contributed by atoms with Crippen LogP contribution in [0.15, 0.2) is 30.3 Å². The van der Waals surface area contributed by atoms with Crippen LogP contribution in [0.4, 0.5) is 17.5 Å². The van der Waals surface area contributed by atoms with E-state index < -0.39 is 0 Å². The molecule has 0 atom stereocenters. The van der Waals surface area contributed by atoms with E-state index >= 15 is 0 Å². The van der Waals surface area contributed by atoms with E-state index in [1.165, 1.54) is 5.56 Å². The Morgan fingerprint density at radius 1 is 1.15 bits per heavy atom. The second kappa shape index (κ2) is 6.37. The molecule has 1 aromatic heterocycles. The minimum atomic E-state index is 0.347. The first-order valence-corrected chi connectivity index (χ1v) is 7.05. The summed E-state index contributed by atoms with van der Waals surface area (Å²) in [6.45, 7) is 8.31. The standard InChI is InChI=1S/C16H22N4/c1-5-13-8-6-7-9-14(13)19-16-18-12(4)10-15(20-16)17-11(2)3/h6-11H,5H2,1-4H3,(H2,17,18,19,20). The van der Waals surface area contributed by atoms with Gasteiger partial charge in [-0.2, -0.15) is 4.98 Å². The Morgan fingerprint density at radius 2 is 1.90 bits per heavy atom.